The summed E-state index contributed by atoms with van der Waals surface area (Å²) >= 11 is 1.74. The summed E-state index contributed by atoms with van der Waals surface area (Å²) in [7, 11) is 0. The van der Waals surface area contributed by atoms with E-state index in [-0.39, 0.29) is 5.69 Å². The molecule has 1 aromatic carbocycles. The van der Waals surface area contributed by atoms with Gasteiger partial charge in [-0.15, -0.1) is 0 Å². The van der Waals surface area contributed by atoms with E-state index in [0.29, 0.717) is 23.3 Å². The van der Waals surface area contributed by atoms with E-state index in [1.807, 2.05) is 13.2 Å². The molecule has 6 heteroatoms. The van der Waals surface area contributed by atoms with Gasteiger partial charge in [0.1, 0.15) is 5.75 Å². The number of nitro groups is 1. The van der Waals surface area contributed by atoms with Crippen molar-refractivity contribution in [1.82, 2.24) is 0 Å². The van der Waals surface area contributed by atoms with Crippen molar-refractivity contribution in [3.63, 3.8) is 0 Å². The van der Waals surface area contributed by atoms with Crippen molar-refractivity contribution in [1.29, 1.82) is 0 Å². The van der Waals surface area contributed by atoms with Crippen LogP contribution in [0.4, 0.5) is 11.4 Å². The Balaban J connectivity index is 2.85. The average Bonchev–Trinajstić information content (AvgIpc) is 2.36. The number of benzene rings is 1. The number of nitrogens with one attached hydrogen (secondary N) is 1. The van der Waals surface area contributed by atoms with Crippen molar-refractivity contribution in [2.75, 3.05) is 24.7 Å². The molecular formula is C12H18N2O3S. The zero-order chi connectivity index (χ0) is 13.5. The van der Waals surface area contributed by atoms with Gasteiger partial charge < -0.3 is 10.1 Å². The molecule has 18 heavy (non-hydrogen) atoms. The second-order valence-electron chi connectivity index (χ2n) is 3.83. The van der Waals surface area contributed by atoms with Crippen LogP contribution in [0, 0.1) is 10.1 Å². The van der Waals surface area contributed by atoms with Gasteiger partial charge in [0.25, 0.3) is 5.69 Å². The number of nitrogens with zero attached hydrogens (tertiary/aromatic N) is 1. The van der Waals surface area contributed by atoms with Crippen LogP contribution in [0.5, 0.6) is 5.75 Å². The summed E-state index contributed by atoms with van der Waals surface area (Å²) in [4.78, 5) is 10.4. The standard InChI is InChI=1S/C12H18N2O3S/c1-4-17-12-6-10(13-8-9(2)18-3)5-11(7-12)14(15)16/h5-7,9,13H,4,8H2,1-3H3. The highest BCUT2D eigenvalue weighted by Gasteiger charge is 2.11. The SMILES string of the molecule is CCOc1cc(NCC(C)SC)cc([N+](=O)[O-])c1. The Hall–Kier alpha value is -1.43. The second kappa shape index (κ2) is 7.10. The zero-order valence-corrected chi connectivity index (χ0v) is 11.6. The first-order valence-electron chi connectivity index (χ1n) is 5.75. The number of thioether (sulfide) groups is 1. The Morgan fingerprint density at radius 1 is 1.50 bits per heavy atom. The molecule has 5 nitrogen and oxygen atoms in total. The van der Waals surface area contributed by atoms with Gasteiger partial charge in [-0.3, -0.25) is 10.1 Å². The fraction of sp³-hybridized carbons (Fsp3) is 0.500. The molecule has 1 aromatic rings. The van der Waals surface area contributed by atoms with E-state index in [1.165, 1.54) is 12.1 Å². The number of non-ortho nitro benzene ring substituents is 1. The van der Waals surface area contributed by atoms with Gasteiger partial charge in [0.15, 0.2) is 0 Å². The Kier molecular flexibility index (Phi) is 5.77. The molecule has 0 bridgehead atoms. The topological polar surface area (TPSA) is 64.4 Å². The number of rotatable bonds is 7. The molecule has 100 valence electrons. The van der Waals surface area contributed by atoms with Crippen LogP contribution >= 0.6 is 11.8 Å². The lowest BCUT2D eigenvalue weighted by Gasteiger charge is -2.12. The van der Waals surface area contributed by atoms with Gasteiger partial charge in [0, 0.05) is 29.6 Å². The first-order valence-corrected chi connectivity index (χ1v) is 7.04. The van der Waals surface area contributed by atoms with Gasteiger partial charge >= 0.3 is 0 Å². The number of hydrogen-bond donors (Lipinski definition) is 1. The van der Waals surface area contributed by atoms with Gasteiger partial charge in [-0.05, 0) is 13.2 Å². The Bertz CT molecular complexity index is 412. The summed E-state index contributed by atoms with van der Waals surface area (Å²) < 4.78 is 5.32. The molecule has 1 rings (SSSR count). The third-order valence-electron chi connectivity index (χ3n) is 2.41. The van der Waals surface area contributed by atoms with E-state index in [9.17, 15) is 10.1 Å². The van der Waals surface area contributed by atoms with Gasteiger partial charge in [0.2, 0.25) is 0 Å². The van der Waals surface area contributed by atoms with E-state index < -0.39 is 4.92 Å². The molecule has 0 aliphatic rings. The van der Waals surface area contributed by atoms with Crippen molar-refractivity contribution in [2.24, 2.45) is 0 Å². The highest BCUT2D eigenvalue weighted by Crippen LogP contribution is 2.26. The first kappa shape index (κ1) is 14.6. The van der Waals surface area contributed by atoms with Gasteiger partial charge in [-0.2, -0.15) is 11.8 Å². The van der Waals surface area contributed by atoms with Crippen molar-refractivity contribution in [2.45, 2.75) is 19.1 Å². The lowest BCUT2D eigenvalue weighted by molar-refractivity contribution is -0.384. The van der Waals surface area contributed by atoms with Crippen LogP contribution < -0.4 is 10.1 Å². The van der Waals surface area contributed by atoms with Crippen LogP contribution in [0.15, 0.2) is 18.2 Å². The molecule has 0 spiro atoms. The van der Waals surface area contributed by atoms with Crippen LogP contribution in [-0.4, -0.2) is 29.6 Å². The van der Waals surface area contributed by atoms with Gasteiger partial charge in [-0.25, -0.2) is 0 Å². The van der Waals surface area contributed by atoms with E-state index in [1.54, 1.807) is 17.8 Å². The quantitative estimate of drug-likeness (QED) is 0.609. The molecule has 1 N–H and O–H groups in total. The largest absolute Gasteiger partial charge is 0.494 e. The maximum absolute atomic E-state index is 10.8. The van der Waals surface area contributed by atoms with E-state index in [4.69, 9.17) is 4.74 Å². The molecule has 1 unspecified atom stereocenters. The molecular weight excluding hydrogens is 252 g/mol. The molecule has 0 saturated heterocycles. The first-order chi connectivity index (χ1) is 8.56. The maximum atomic E-state index is 10.8. The summed E-state index contributed by atoms with van der Waals surface area (Å²) in [6, 6.07) is 4.74. The van der Waals surface area contributed by atoms with Crippen LogP contribution in [0.1, 0.15) is 13.8 Å². The van der Waals surface area contributed by atoms with Crippen molar-refractivity contribution >= 4 is 23.1 Å². The number of nitro benzene ring substituents is 1. The molecule has 0 fully saturated rings. The number of hydrogen-bond acceptors (Lipinski definition) is 5. The average molecular weight is 270 g/mol. The lowest BCUT2D eigenvalue weighted by Crippen LogP contribution is -2.12. The van der Waals surface area contributed by atoms with Crippen molar-refractivity contribution in [3.05, 3.63) is 28.3 Å². The van der Waals surface area contributed by atoms with Gasteiger partial charge in [0.05, 0.1) is 17.6 Å². The van der Waals surface area contributed by atoms with Crippen LogP contribution in [0.3, 0.4) is 0 Å². The minimum Gasteiger partial charge on any atom is -0.494 e. The molecule has 0 heterocycles. The van der Waals surface area contributed by atoms with Crippen molar-refractivity contribution in [3.8, 4) is 5.75 Å². The molecule has 0 amide bonds. The molecule has 1 atom stereocenters. The summed E-state index contributed by atoms with van der Waals surface area (Å²) in [5.41, 5.74) is 0.758. The molecule has 0 aliphatic carbocycles. The predicted octanol–water partition coefficient (Wildman–Crippen LogP) is 3.16. The summed E-state index contributed by atoms with van der Waals surface area (Å²) in [6.45, 7) is 5.19. The number of anilines is 1. The van der Waals surface area contributed by atoms with E-state index >= 15 is 0 Å². The minimum atomic E-state index is -0.411. The van der Waals surface area contributed by atoms with E-state index in [0.717, 1.165) is 6.54 Å². The Labute approximate surface area is 111 Å². The fourth-order valence-corrected chi connectivity index (χ4v) is 1.64. The molecule has 0 radical (unpaired) electrons. The van der Waals surface area contributed by atoms with Crippen molar-refractivity contribution < 1.29 is 9.66 Å². The number of ether oxygens (including phenoxy) is 1. The zero-order valence-electron chi connectivity index (χ0n) is 10.8. The van der Waals surface area contributed by atoms with E-state index in [2.05, 4.69) is 12.2 Å². The minimum absolute atomic E-state index is 0.0419. The Morgan fingerprint density at radius 2 is 2.22 bits per heavy atom. The second-order valence-corrected chi connectivity index (χ2v) is 5.11. The lowest BCUT2D eigenvalue weighted by atomic mass is 10.2. The van der Waals surface area contributed by atoms with Crippen LogP contribution in [-0.2, 0) is 0 Å². The third kappa shape index (κ3) is 4.44. The highest BCUT2D eigenvalue weighted by molar-refractivity contribution is 7.99. The van der Waals surface area contributed by atoms with Crippen LogP contribution in [0.25, 0.3) is 0 Å². The smallest absolute Gasteiger partial charge is 0.275 e. The highest BCUT2D eigenvalue weighted by atomic mass is 32.2. The van der Waals surface area contributed by atoms with Gasteiger partial charge in [-0.1, -0.05) is 6.92 Å². The molecule has 0 saturated carbocycles. The van der Waals surface area contributed by atoms with Crippen LogP contribution in [0.2, 0.25) is 0 Å². The monoisotopic (exact) mass is 270 g/mol. The predicted molar refractivity (Wildman–Crippen MR) is 75.7 cm³/mol. The summed E-state index contributed by atoms with van der Waals surface area (Å²) in [6.07, 6.45) is 2.03. The Morgan fingerprint density at radius 3 is 2.78 bits per heavy atom. The maximum Gasteiger partial charge on any atom is 0.275 e. The summed E-state index contributed by atoms with van der Waals surface area (Å²) in [5, 5.41) is 14.5. The third-order valence-corrected chi connectivity index (χ3v) is 3.38. The normalized spacial score (nSPS) is 11.9. The fourth-order valence-electron chi connectivity index (χ4n) is 1.39. The molecule has 0 aliphatic heterocycles. The molecule has 0 aromatic heterocycles. The summed E-state index contributed by atoms with van der Waals surface area (Å²) in [5.74, 6) is 0.519.